The van der Waals surface area contributed by atoms with E-state index in [1.165, 1.54) is 0 Å². The molecule has 1 aliphatic rings. The average Bonchev–Trinajstić information content (AvgIpc) is 2.00. The minimum absolute atomic E-state index is 1.70. The molecule has 48 valence electrons. The highest BCUT2D eigenvalue weighted by Gasteiger charge is 1.77. The Labute approximate surface area is 67.9 Å². The summed E-state index contributed by atoms with van der Waals surface area (Å²) in [6.45, 7) is 0. The summed E-state index contributed by atoms with van der Waals surface area (Å²) >= 11 is 5.10. The summed E-state index contributed by atoms with van der Waals surface area (Å²) in [4.78, 5) is 0. The van der Waals surface area contributed by atoms with E-state index in [0.717, 1.165) is 0 Å². The maximum absolute atomic E-state index is 2.07. The maximum Gasteiger partial charge on any atom is -0.0181 e. The molecule has 0 bridgehead atoms. The lowest BCUT2D eigenvalue weighted by atomic mass is 11.2. The monoisotopic (exact) mass is 174 g/mol. The molecule has 0 saturated heterocycles. The van der Waals surface area contributed by atoms with Crippen LogP contribution in [0.5, 0.6) is 0 Å². The van der Waals surface area contributed by atoms with Gasteiger partial charge in [-0.25, -0.2) is 0 Å². The van der Waals surface area contributed by atoms with Crippen molar-refractivity contribution >= 4 is 35.3 Å². The molecular formula is C6H6S3. The number of hydrogen-bond acceptors (Lipinski definition) is 3. The molecular weight excluding hydrogens is 168 g/mol. The van der Waals surface area contributed by atoms with Crippen LogP contribution in [0.3, 0.4) is 0 Å². The van der Waals surface area contributed by atoms with Gasteiger partial charge in [-0.2, -0.15) is 0 Å². The van der Waals surface area contributed by atoms with Crippen molar-refractivity contribution in [1.82, 2.24) is 0 Å². The Hall–Kier alpha value is 0.270. The van der Waals surface area contributed by atoms with Gasteiger partial charge in [0.05, 0.1) is 0 Å². The number of thioether (sulfide) groups is 3. The third-order valence-electron chi connectivity index (χ3n) is 0.638. The molecule has 0 spiro atoms. The molecule has 1 heterocycles. The van der Waals surface area contributed by atoms with E-state index < -0.39 is 0 Å². The molecule has 0 radical (unpaired) electrons. The van der Waals surface area contributed by atoms with Crippen molar-refractivity contribution in [3.63, 3.8) is 0 Å². The second-order valence-corrected chi connectivity index (χ2v) is 3.67. The van der Waals surface area contributed by atoms with E-state index in [0.29, 0.717) is 0 Å². The van der Waals surface area contributed by atoms with Crippen LogP contribution in [0.4, 0.5) is 0 Å². The van der Waals surface area contributed by atoms with Gasteiger partial charge in [-0.15, -0.1) is 35.3 Å². The predicted octanol–water partition coefficient (Wildman–Crippen LogP) is 3.61. The molecule has 0 aromatic heterocycles. The quantitative estimate of drug-likeness (QED) is 0.550. The van der Waals surface area contributed by atoms with Crippen LogP contribution >= 0.6 is 35.3 Å². The van der Waals surface area contributed by atoms with Gasteiger partial charge in [-0.05, 0) is 32.4 Å². The Morgan fingerprint density at radius 3 is 0.889 bits per heavy atom. The molecule has 3 heteroatoms. The Morgan fingerprint density at radius 1 is 0.444 bits per heavy atom. The SMILES string of the molecule is C1=C\S/C=C/S/C=C\S/1. The van der Waals surface area contributed by atoms with Crippen molar-refractivity contribution in [3.8, 4) is 0 Å². The normalized spacial score (nSPS) is 29.3. The van der Waals surface area contributed by atoms with E-state index in [-0.39, 0.29) is 0 Å². The summed E-state index contributed by atoms with van der Waals surface area (Å²) in [6.07, 6.45) is 0. The number of rotatable bonds is 0. The second-order valence-electron chi connectivity index (χ2n) is 1.22. The molecule has 0 nitrogen and oxygen atoms in total. The van der Waals surface area contributed by atoms with Gasteiger partial charge >= 0.3 is 0 Å². The summed E-state index contributed by atoms with van der Waals surface area (Å²) in [5.41, 5.74) is 0. The van der Waals surface area contributed by atoms with Crippen molar-refractivity contribution < 1.29 is 0 Å². The van der Waals surface area contributed by atoms with Gasteiger partial charge in [0.1, 0.15) is 0 Å². The third-order valence-corrected chi connectivity index (χ3v) is 2.91. The second kappa shape index (κ2) is 5.09. The van der Waals surface area contributed by atoms with Crippen LogP contribution in [-0.2, 0) is 0 Å². The average molecular weight is 174 g/mol. The fourth-order valence-corrected chi connectivity index (χ4v) is 2.14. The summed E-state index contributed by atoms with van der Waals surface area (Å²) in [6, 6.07) is 0. The zero-order valence-electron chi connectivity index (χ0n) is 4.69. The Kier molecular flexibility index (Phi) is 4.17. The summed E-state index contributed by atoms with van der Waals surface area (Å²) in [5.74, 6) is 0. The topological polar surface area (TPSA) is 0 Å². The Balaban J connectivity index is 2.43. The van der Waals surface area contributed by atoms with E-state index in [9.17, 15) is 0 Å². The lowest BCUT2D eigenvalue weighted by Gasteiger charge is -1.76. The molecule has 0 saturated carbocycles. The first-order valence-electron chi connectivity index (χ1n) is 2.41. The molecule has 1 rings (SSSR count). The maximum atomic E-state index is 2.07. The third kappa shape index (κ3) is 3.78. The minimum Gasteiger partial charge on any atom is -0.105 e. The molecule has 0 aliphatic carbocycles. The van der Waals surface area contributed by atoms with Crippen LogP contribution in [0.1, 0.15) is 0 Å². The molecule has 9 heavy (non-hydrogen) atoms. The molecule has 0 fully saturated rings. The summed E-state index contributed by atoms with van der Waals surface area (Å²) in [5, 5.41) is 12.4. The van der Waals surface area contributed by atoms with Crippen molar-refractivity contribution in [3.05, 3.63) is 32.4 Å². The van der Waals surface area contributed by atoms with Crippen molar-refractivity contribution in [2.75, 3.05) is 0 Å². The summed E-state index contributed by atoms with van der Waals surface area (Å²) < 4.78 is 0. The van der Waals surface area contributed by atoms with Gasteiger partial charge in [0.15, 0.2) is 0 Å². The fourth-order valence-electron chi connectivity index (χ4n) is 0.329. The van der Waals surface area contributed by atoms with Gasteiger partial charge in [-0.3, -0.25) is 0 Å². The van der Waals surface area contributed by atoms with Gasteiger partial charge in [0.25, 0.3) is 0 Å². The molecule has 0 atom stereocenters. The van der Waals surface area contributed by atoms with Crippen molar-refractivity contribution in [2.24, 2.45) is 0 Å². The van der Waals surface area contributed by atoms with E-state index in [2.05, 4.69) is 32.4 Å². The highest BCUT2D eigenvalue weighted by molar-refractivity contribution is 8.11. The molecule has 0 aromatic rings. The van der Waals surface area contributed by atoms with Crippen molar-refractivity contribution in [2.45, 2.75) is 0 Å². The lowest BCUT2D eigenvalue weighted by molar-refractivity contribution is 2.49. The van der Waals surface area contributed by atoms with Crippen LogP contribution in [-0.4, -0.2) is 0 Å². The zero-order valence-corrected chi connectivity index (χ0v) is 7.14. The van der Waals surface area contributed by atoms with Gasteiger partial charge in [-0.1, -0.05) is 0 Å². The first-order valence-corrected chi connectivity index (χ1v) is 5.24. The minimum atomic E-state index is 1.70. The molecule has 0 unspecified atom stereocenters. The van der Waals surface area contributed by atoms with E-state index >= 15 is 0 Å². The van der Waals surface area contributed by atoms with Crippen LogP contribution in [0.15, 0.2) is 32.4 Å². The van der Waals surface area contributed by atoms with Gasteiger partial charge in [0, 0.05) is 0 Å². The molecule has 0 amide bonds. The van der Waals surface area contributed by atoms with E-state index in [1.807, 2.05) is 0 Å². The van der Waals surface area contributed by atoms with E-state index in [4.69, 9.17) is 0 Å². The van der Waals surface area contributed by atoms with Crippen LogP contribution in [0.25, 0.3) is 0 Å². The Bertz CT molecular complexity index is 106. The standard InChI is InChI=1S/C6H6S3/c1-2-8-5-6-9-4-3-7-1/h1-6H/b2-1-,4-3-,6-5+. The van der Waals surface area contributed by atoms with Crippen LogP contribution in [0, 0.1) is 0 Å². The first kappa shape index (κ1) is 7.38. The Morgan fingerprint density at radius 2 is 0.667 bits per heavy atom. The smallest absolute Gasteiger partial charge is 0.0181 e. The highest BCUT2D eigenvalue weighted by atomic mass is 32.2. The molecule has 0 N–H and O–H groups in total. The van der Waals surface area contributed by atoms with Gasteiger partial charge in [0.2, 0.25) is 0 Å². The predicted molar refractivity (Wildman–Crippen MR) is 50.2 cm³/mol. The zero-order chi connectivity index (χ0) is 6.36. The van der Waals surface area contributed by atoms with Crippen LogP contribution in [0.2, 0.25) is 0 Å². The van der Waals surface area contributed by atoms with E-state index in [1.54, 1.807) is 35.3 Å². The number of hydrogen-bond donors (Lipinski definition) is 0. The molecule has 1 aliphatic heterocycles. The summed E-state index contributed by atoms with van der Waals surface area (Å²) in [7, 11) is 0. The van der Waals surface area contributed by atoms with Crippen molar-refractivity contribution in [1.29, 1.82) is 0 Å². The molecule has 0 aromatic carbocycles. The van der Waals surface area contributed by atoms with Gasteiger partial charge < -0.3 is 0 Å². The highest BCUT2D eigenvalue weighted by Crippen LogP contribution is 2.18. The fraction of sp³-hybridized carbons (Fsp3) is 0. The lowest BCUT2D eigenvalue weighted by Crippen LogP contribution is -1.38. The largest absolute Gasteiger partial charge is 0.105 e. The van der Waals surface area contributed by atoms with Crippen LogP contribution < -0.4 is 0 Å². The first-order chi connectivity index (χ1) is 4.50.